The SMILES string of the molecule is CC(C)(C)C1=C(O)C(=O)C(O)(C(C)(C)C)O1. The van der Waals surface area contributed by atoms with Gasteiger partial charge in [0.1, 0.15) is 0 Å². The van der Waals surface area contributed by atoms with Crippen molar-refractivity contribution in [2.45, 2.75) is 47.3 Å². The van der Waals surface area contributed by atoms with Gasteiger partial charge in [0, 0.05) is 10.8 Å². The molecule has 0 saturated carbocycles. The van der Waals surface area contributed by atoms with Crippen LogP contribution in [0.2, 0.25) is 0 Å². The van der Waals surface area contributed by atoms with Gasteiger partial charge in [0.2, 0.25) is 5.76 Å². The zero-order valence-corrected chi connectivity index (χ0v) is 10.7. The van der Waals surface area contributed by atoms with E-state index in [0.29, 0.717) is 0 Å². The van der Waals surface area contributed by atoms with Crippen molar-refractivity contribution in [1.29, 1.82) is 0 Å². The first-order valence-corrected chi connectivity index (χ1v) is 5.31. The topological polar surface area (TPSA) is 66.8 Å². The van der Waals surface area contributed by atoms with E-state index in [1.807, 2.05) is 0 Å². The molecule has 0 aromatic carbocycles. The smallest absolute Gasteiger partial charge is 0.280 e. The van der Waals surface area contributed by atoms with Crippen LogP contribution in [0.5, 0.6) is 0 Å². The van der Waals surface area contributed by atoms with Crippen LogP contribution in [0.25, 0.3) is 0 Å². The van der Waals surface area contributed by atoms with E-state index < -0.39 is 28.2 Å². The summed E-state index contributed by atoms with van der Waals surface area (Å²) in [4.78, 5) is 11.8. The second-order valence-electron chi connectivity index (χ2n) is 6.25. The molecule has 0 saturated heterocycles. The van der Waals surface area contributed by atoms with Gasteiger partial charge < -0.3 is 14.9 Å². The molecule has 0 aliphatic carbocycles. The van der Waals surface area contributed by atoms with E-state index >= 15 is 0 Å². The lowest BCUT2D eigenvalue weighted by atomic mass is 9.83. The standard InChI is InChI=1S/C12H20O4/c1-10(2,3)9-7(13)8(14)12(15,16-9)11(4,5)6/h13,15H,1-6H3. The van der Waals surface area contributed by atoms with Gasteiger partial charge in [-0.1, -0.05) is 41.5 Å². The normalized spacial score (nSPS) is 27.3. The number of ether oxygens (including phenoxy) is 1. The zero-order chi connectivity index (χ0) is 12.9. The predicted octanol–water partition coefficient (Wildman–Crippen LogP) is 2.14. The minimum Gasteiger partial charge on any atom is -0.502 e. The average molecular weight is 228 g/mol. The van der Waals surface area contributed by atoms with Crippen LogP contribution >= 0.6 is 0 Å². The number of hydrogen-bond acceptors (Lipinski definition) is 4. The number of carbonyl (C=O) groups is 1. The van der Waals surface area contributed by atoms with Gasteiger partial charge >= 0.3 is 0 Å². The van der Waals surface area contributed by atoms with Crippen LogP contribution in [-0.4, -0.2) is 21.8 Å². The molecule has 0 fully saturated rings. The molecule has 0 aromatic rings. The predicted molar refractivity (Wildman–Crippen MR) is 59.6 cm³/mol. The minimum atomic E-state index is -1.97. The molecule has 0 radical (unpaired) electrons. The van der Waals surface area contributed by atoms with Crippen LogP contribution in [0.3, 0.4) is 0 Å². The highest BCUT2D eigenvalue weighted by molar-refractivity contribution is 6.01. The van der Waals surface area contributed by atoms with E-state index in [1.54, 1.807) is 41.5 Å². The first-order valence-electron chi connectivity index (χ1n) is 5.31. The second kappa shape index (κ2) is 3.23. The van der Waals surface area contributed by atoms with Crippen molar-refractivity contribution in [2.75, 3.05) is 0 Å². The largest absolute Gasteiger partial charge is 0.502 e. The van der Waals surface area contributed by atoms with E-state index in [4.69, 9.17) is 4.74 Å². The third-order valence-corrected chi connectivity index (χ3v) is 2.69. The van der Waals surface area contributed by atoms with E-state index in [9.17, 15) is 15.0 Å². The number of ketones is 1. The van der Waals surface area contributed by atoms with Crippen LogP contribution in [0.1, 0.15) is 41.5 Å². The molecule has 1 aliphatic rings. The molecule has 2 N–H and O–H groups in total. The summed E-state index contributed by atoms with van der Waals surface area (Å²) in [6.07, 6.45) is 0. The molecule has 1 unspecified atom stereocenters. The molecule has 0 amide bonds. The Balaban J connectivity index is 3.22. The van der Waals surface area contributed by atoms with Crippen LogP contribution in [0.4, 0.5) is 0 Å². The summed E-state index contributed by atoms with van der Waals surface area (Å²) < 4.78 is 5.34. The lowest BCUT2D eigenvalue weighted by molar-refractivity contribution is -0.222. The van der Waals surface area contributed by atoms with Crippen LogP contribution in [0, 0.1) is 10.8 Å². The third-order valence-electron chi connectivity index (χ3n) is 2.69. The minimum absolute atomic E-state index is 0.148. The number of allylic oxidation sites excluding steroid dienone is 1. The summed E-state index contributed by atoms with van der Waals surface area (Å²) in [6, 6.07) is 0. The second-order valence-corrected chi connectivity index (χ2v) is 6.25. The van der Waals surface area contributed by atoms with Gasteiger partial charge in [-0.25, -0.2) is 0 Å². The third kappa shape index (κ3) is 1.71. The summed E-state index contributed by atoms with van der Waals surface area (Å²) in [7, 11) is 0. The quantitative estimate of drug-likeness (QED) is 0.666. The van der Waals surface area contributed by atoms with Crippen LogP contribution in [0.15, 0.2) is 11.5 Å². The molecule has 4 heteroatoms. The lowest BCUT2D eigenvalue weighted by Crippen LogP contribution is -2.49. The van der Waals surface area contributed by atoms with Crippen molar-refractivity contribution in [3.8, 4) is 0 Å². The molecular weight excluding hydrogens is 208 g/mol. The molecule has 92 valence electrons. The van der Waals surface area contributed by atoms with Gasteiger partial charge in [-0.05, 0) is 0 Å². The zero-order valence-electron chi connectivity index (χ0n) is 10.7. The maximum Gasteiger partial charge on any atom is 0.280 e. The maximum absolute atomic E-state index is 11.8. The van der Waals surface area contributed by atoms with E-state index in [2.05, 4.69) is 0 Å². The number of hydrogen-bond donors (Lipinski definition) is 2. The Morgan fingerprint density at radius 3 is 1.75 bits per heavy atom. The summed E-state index contributed by atoms with van der Waals surface area (Å²) in [5.41, 5.74) is -1.32. The molecule has 0 aromatic heterocycles. The first kappa shape index (κ1) is 13.0. The maximum atomic E-state index is 11.8. The van der Waals surface area contributed by atoms with E-state index in [-0.39, 0.29) is 5.76 Å². The van der Waals surface area contributed by atoms with Gasteiger partial charge in [-0.2, -0.15) is 0 Å². The fourth-order valence-corrected chi connectivity index (χ4v) is 1.51. The van der Waals surface area contributed by atoms with Gasteiger partial charge in [-0.3, -0.25) is 4.79 Å². The molecule has 1 atom stereocenters. The van der Waals surface area contributed by atoms with Gasteiger partial charge in [-0.15, -0.1) is 0 Å². The van der Waals surface area contributed by atoms with Crippen molar-refractivity contribution in [1.82, 2.24) is 0 Å². The lowest BCUT2D eigenvalue weighted by Gasteiger charge is -2.35. The molecule has 1 heterocycles. The molecule has 4 nitrogen and oxygen atoms in total. The van der Waals surface area contributed by atoms with Crippen molar-refractivity contribution in [3.05, 3.63) is 11.5 Å². The van der Waals surface area contributed by atoms with E-state index in [1.165, 1.54) is 0 Å². The Kier molecular flexibility index (Phi) is 2.63. The molecule has 16 heavy (non-hydrogen) atoms. The summed E-state index contributed by atoms with van der Waals surface area (Å²) in [5.74, 6) is -3.05. The van der Waals surface area contributed by atoms with Crippen molar-refractivity contribution >= 4 is 5.78 Å². The number of aliphatic hydroxyl groups excluding tert-OH is 1. The first-order chi connectivity index (χ1) is 6.91. The Bertz CT molecular complexity index is 354. The summed E-state index contributed by atoms with van der Waals surface area (Å²) >= 11 is 0. The fourth-order valence-electron chi connectivity index (χ4n) is 1.51. The number of rotatable bonds is 0. The summed E-state index contributed by atoms with van der Waals surface area (Å²) in [6.45, 7) is 10.5. The van der Waals surface area contributed by atoms with Gasteiger partial charge in [0.05, 0.1) is 0 Å². The highest BCUT2D eigenvalue weighted by atomic mass is 16.6. The number of carbonyl (C=O) groups excluding carboxylic acids is 1. The van der Waals surface area contributed by atoms with Crippen molar-refractivity contribution in [2.24, 2.45) is 10.8 Å². The van der Waals surface area contributed by atoms with Crippen molar-refractivity contribution in [3.63, 3.8) is 0 Å². The average Bonchev–Trinajstić information content (AvgIpc) is 2.28. The van der Waals surface area contributed by atoms with Gasteiger partial charge in [0.25, 0.3) is 11.6 Å². The highest BCUT2D eigenvalue weighted by Gasteiger charge is 2.58. The fraction of sp³-hybridized carbons (Fsp3) is 0.750. The Morgan fingerprint density at radius 2 is 1.56 bits per heavy atom. The molecule has 0 spiro atoms. The summed E-state index contributed by atoms with van der Waals surface area (Å²) in [5, 5.41) is 20.0. The monoisotopic (exact) mass is 228 g/mol. The Hall–Kier alpha value is -1.03. The van der Waals surface area contributed by atoms with E-state index in [0.717, 1.165) is 0 Å². The van der Waals surface area contributed by atoms with Crippen molar-refractivity contribution < 1.29 is 19.7 Å². The number of aliphatic hydroxyl groups is 2. The molecule has 1 aliphatic heterocycles. The molecular formula is C12H20O4. The Morgan fingerprint density at radius 1 is 1.12 bits per heavy atom. The highest BCUT2D eigenvalue weighted by Crippen LogP contribution is 2.45. The number of Topliss-reactive ketones (excluding diaryl/α,β-unsaturated/α-hetero) is 1. The van der Waals surface area contributed by atoms with Crippen LogP contribution < -0.4 is 0 Å². The molecule has 1 rings (SSSR count). The van der Waals surface area contributed by atoms with Crippen LogP contribution in [-0.2, 0) is 9.53 Å². The Labute approximate surface area is 95.9 Å². The molecule has 0 bridgehead atoms. The van der Waals surface area contributed by atoms with Gasteiger partial charge in [0.15, 0.2) is 5.76 Å².